The van der Waals surface area contributed by atoms with Crippen LogP contribution >= 0.6 is 0 Å². The number of anilines is 2. The van der Waals surface area contributed by atoms with Crippen molar-refractivity contribution in [2.45, 2.75) is 6.92 Å². The van der Waals surface area contributed by atoms with E-state index in [1.165, 1.54) is 0 Å². The molecule has 1 fully saturated rings. The molecule has 0 aliphatic carbocycles. The summed E-state index contributed by atoms with van der Waals surface area (Å²) in [6, 6.07) is 0. The van der Waals surface area contributed by atoms with Gasteiger partial charge in [0.1, 0.15) is 5.82 Å². The fourth-order valence-electron chi connectivity index (χ4n) is 2.17. The smallest absolute Gasteiger partial charge is 0.226 e. The first-order chi connectivity index (χ1) is 8.88. The Kier molecular flexibility index (Phi) is 2.97. The number of nitrogens with zero attached hydrogens (tertiary/aromatic N) is 4. The van der Waals surface area contributed by atoms with Crippen LogP contribution in [0.15, 0.2) is 6.20 Å². The van der Waals surface area contributed by atoms with Crippen molar-refractivity contribution in [1.82, 2.24) is 25.5 Å². The van der Waals surface area contributed by atoms with Crippen molar-refractivity contribution in [2.24, 2.45) is 0 Å². The zero-order valence-corrected chi connectivity index (χ0v) is 10.4. The second-order valence-corrected chi connectivity index (χ2v) is 4.27. The predicted molar refractivity (Wildman–Crippen MR) is 70.9 cm³/mol. The Labute approximate surface area is 105 Å². The van der Waals surface area contributed by atoms with Gasteiger partial charge in [-0.25, -0.2) is 0 Å². The molecule has 7 nitrogen and oxygen atoms in total. The number of hydrogen-bond acceptors (Lipinski definition) is 6. The quantitative estimate of drug-likeness (QED) is 0.718. The first kappa shape index (κ1) is 11.2. The van der Waals surface area contributed by atoms with Gasteiger partial charge in [0.15, 0.2) is 5.65 Å². The maximum absolute atomic E-state index is 4.60. The van der Waals surface area contributed by atoms with Crippen molar-refractivity contribution in [2.75, 3.05) is 42.9 Å². The van der Waals surface area contributed by atoms with Crippen molar-refractivity contribution in [3.05, 3.63) is 6.20 Å². The van der Waals surface area contributed by atoms with Crippen molar-refractivity contribution < 1.29 is 0 Å². The number of hydrogen-bond donors (Lipinski definition) is 3. The highest BCUT2D eigenvalue weighted by molar-refractivity contribution is 5.87. The fourth-order valence-corrected chi connectivity index (χ4v) is 2.17. The Bertz CT molecular complexity index is 529. The molecule has 0 amide bonds. The molecule has 2 aromatic rings. The van der Waals surface area contributed by atoms with Gasteiger partial charge in [-0.1, -0.05) is 0 Å². The lowest BCUT2D eigenvalue weighted by atomic mass is 10.3. The van der Waals surface area contributed by atoms with Crippen LogP contribution < -0.4 is 15.5 Å². The molecule has 0 spiro atoms. The molecule has 3 heterocycles. The third-order valence-corrected chi connectivity index (χ3v) is 3.04. The summed E-state index contributed by atoms with van der Waals surface area (Å²) in [6.45, 7) is 6.73. The number of aromatic nitrogens is 4. The van der Waals surface area contributed by atoms with Crippen LogP contribution in [0, 0.1) is 0 Å². The number of nitrogens with one attached hydrogen (secondary N) is 3. The first-order valence-electron chi connectivity index (χ1n) is 6.29. The van der Waals surface area contributed by atoms with E-state index < -0.39 is 0 Å². The van der Waals surface area contributed by atoms with Crippen LogP contribution in [0.1, 0.15) is 6.92 Å². The van der Waals surface area contributed by atoms with Gasteiger partial charge in [0.2, 0.25) is 5.95 Å². The molecule has 1 aliphatic rings. The summed E-state index contributed by atoms with van der Waals surface area (Å²) < 4.78 is 0. The molecule has 18 heavy (non-hydrogen) atoms. The van der Waals surface area contributed by atoms with Crippen LogP contribution in [0.25, 0.3) is 11.0 Å². The summed E-state index contributed by atoms with van der Waals surface area (Å²) in [5.74, 6) is 1.62. The Morgan fingerprint density at radius 3 is 2.94 bits per heavy atom. The van der Waals surface area contributed by atoms with Crippen LogP contribution in [-0.2, 0) is 0 Å². The summed E-state index contributed by atoms with van der Waals surface area (Å²) in [5, 5.41) is 14.5. The first-order valence-corrected chi connectivity index (χ1v) is 6.29. The second kappa shape index (κ2) is 4.77. The maximum Gasteiger partial charge on any atom is 0.226 e. The van der Waals surface area contributed by atoms with Crippen molar-refractivity contribution in [1.29, 1.82) is 0 Å². The maximum atomic E-state index is 4.60. The lowest BCUT2D eigenvalue weighted by molar-refractivity contribution is 0.586. The Morgan fingerprint density at radius 2 is 2.17 bits per heavy atom. The number of fused-ring (bicyclic) bond motifs is 1. The number of H-pyrrole nitrogens is 1. The van der Waals surface area contributed by atoms with Gasteiger partial charge >= 0.3 is 0 Å². The number of piperazine rings is 1. The van der Waals surface area contributed by atoms with Gasteiger partial charge in [-0.2, -0.15) is 15.1 Å². The van der Waals surface area contributed by atoms with Crippen molar-refractivity contribution in [3.63, 3.8) is 0 Å². The summed E-state index contributed by atoms with van der Waals surface area (Å²) in [7, 11) is 0. The standard InChI is InChI=1S/C11H17N7/c1-2-13-11-15-9-8(7-14-17-9)10(16-11)18-5-3-12-4-6-18/h7,12H,2-6H2,1H3,(H2,13,14,15,16,17). The van der Waals surface area contributed by atoms with Crippen LogP contribution in [0.2, 0.25) is 0 Å². The van der Waals surface area contributed by atoms with Gasteiger partial charge in [0, 0.05) is 32.7 Å². The summed E-state index contributed by atoms with van der Waals surface area (Å²) in [4.78, 5) is 11.3. The van der Waals surface area contributed by atoms with E-state index in [2.05, 4.69) is 35.7 Å². The second-order valence-electron chi connectivity index (χ2n) is 4.27. The SMILES string of the molecule is CCNc1nc(N2CCNCC2)c2cn[nH]c2n1. The molecule has 0 saturated carbocycles. The molecule has 0 aromatic carbocycles. The van der Waals surface area contributed by atoms with Crippen LogP contribution in [0.5, 0.6) is 0 Å². The molecule has 0 atom stereocenters. The normalized spacial score (nSPS) is 16.2. The van der Waals surface area contributed by atoms with E-state index in [0.29, 0.717) is 5.95 Å². The third-order valence-electron chi connectivity index (χ3n) is 3.04. The van der Waals surface area contributed by atoms with E-state index >= 15 is 0 Å². The summed E-state index contributed by atoms with van der Waals surface area (Å²) >= 11 is 0. The van der Waals surface area contributed by atoms with Gasteiger partial charge < -0.3 is 15.5 Å². The Hall–Kier alpha value is -1.89. The lowest BCUT2D eigenvalue weighted by Crippen LogP contribution is -2.44. The van der Waals surface area contributed by atoms with Crippen LogP contribution in [0.4, 0.5) is 11.8 Å². The van der Waals surface area contributed by atoms with Gasteiger partial charge in [0.25, 0.3) is 0 Å². The van der Waals surface area contributed by atoms with E-state index in [9.17, 15) is 0 Å². The molecule has 2 aromatic heterocycles. The highest BCUT2D eigenvalue weighted by atomic mass is 15.3. The van der Waals surface area contributed by atoms with E-state index in [0.717, 1.165) is 49.6 Å². The Balaban J connectivity index is 2.03. The summed E-state index contributed by atoms with van der Waals surface area (Å²) in [6.07, 6.45) is 1.79. The summed E-state index contributed by atoms with van der Waals surface area (Å²) in [5.41, 5.74) is 0.787. The van der Waals surface area contributed by atoms with E-state index in [1.807, 2.05) is 6.92 Å². The van der Waals surface area contributed by atoms with Crippen LogP contribution in [0.3, 0.4) is 0 Å². The molecular formula is C11H17N7. The molecule has 0 radical (unpaired) electrons. The Morgan fingerprint density at radius 1 is 1.33 bits per heavy atom. The van der Waals surface area contributed by atoms with Crippen LogP contribution in [-0.4, -0.2) is 52.9 Å². The van der Waals surface area contributed by atoms with Gasteiger partial charge in [-0.15, -0.1) is 0 Å². The molecule has 7 heteroatoms. The minimum Gasteiger partial charge on any atom is -0.354 e. The molecule has 1 aliphatic heterocycles. The molecule has 0 unspecified atom stereocenters. The fraction of sp³-hybridized carbons (Fsp3) is 0.545. The van der Waals surface area contributed by atoms with Crippen molar-refractivity contribution in [3.8, 4) is 0 Å². The third kappa shape index (κ3) is 1.97. The average Bonchev–Trinajstić information content (AvgIpc) is 2.87. The zero-order valence-electron chi connectivity index (χ0n) is 10.4. The molecule has 0 bridgehead atoms. The van der Waals surface area contributed by atoms with E-state index in [1.54, 1.807) is 6.20 Å². The number of aromatic amines is 1. The lowest BCUT2D eigenvalue weighted by Gasteiger charge is -2.28. The van der Waals surface area contributed by atoms with E-state index in [-0.39, 0.29) is 0 Å². The molecule has 96 valence electrons. The number of rotatable bonds is 3. The molecule has 3 N–H and O–H groups in total. The molecule has 3 rings (SSSR count). The largest absolute Gasteiger partial charge is 0.354 e. The topological polar surface area (TPSA) is 81.8 Å². The predicted octanol–water partition coefficient (Wildman–Crippen LogP) is 0.194. The monoisotopic (exact) mass is 247 g/mol. The minimum atomic E-state index is 0.655. The zero-order chi connectivity index (χ0) is 12.4. The van der Waals surface area contributed by atoms with Gasteiger partial charge in [0.05, 0.1) is 11.6 Å². The minimum absolute atomic E-state index is 0.655. The highest BCUT2D eigenvalue weighted by Crippen LogP contribution is 2.23. The van der Waals surface area contributed by atoms with Gasteiger partial charge in [-0.3, -0.25) is 5.10 Å². The van der Waals surface area contributed by atoms with Gasteiger partial charge in [-0.05, 0) is 6.92 Å². The average molecular weight is 247 g/mol. The highest BCUT2D eigenvalue weighted by Gasteiger charge is 2.17. The molecule has 1 saturated heterocycles. The van der Waals surface area contributed by atoms with E-state index in [4.69, 9.17) is 0 Å². The molecular weight excluding hydrogens is 230 g/mol. The van der Waals surface area contributed by atoms with Crippen molar-refractivity contribution >= 4 is 22.8 Å².